The Hall–Kier alpha value is -1.57. The number of benzene rings is 2. The van der Waals surface area contributed by atoms with Crippen molar-refractivity contribution in [3.63, 3.8) is 0 Å². The predicted octanol–water partition coefficient (Wildman–Crippen LogP) is 1.11. The van der Waals surface area contributed by atoms with E-state index in [-0.39, 0.29) is 12.4 Å². The van der Waals surface area contributed by atoms with Gasteiger partial charge >= 0.3 is 0 Å². The third kappa shape index (κ3) is 4.52. The van der Waals surface area contributed by atoms with Gasteiger partial charge in [0.2, 0.25) is 0 Å². The van der Waals surface area contributed by atoms with Crippen LogP contribution in [0.4, 0.5) is 0 Å². The Balaban J connectivity index is 0.00000200. The summed E-state index contributed by atoms with van der Waals surface area (Å²) in [5.74, 6) is 0. The Morgan fingerprint density at radius 2 is 1.50 bits per heavy atom. The molecule has 0 bridgehead atoms. The molecule has 0 amide bonds. The minimum atomic E-state index is 0. The van der Waals surface area contributed by atoms with E-state index in [9.17, 15) is 0 Å². The van der Waals surface area contributed by atoms with Gasteiger partial charge in [-0.15, -0.1) is 0 Å². The standard InChI is InChI=1S/C18H22N.ClH/c1-4-17-12-8-9-13-18(17)15-19(2,3)14-16-10-6-5-7-11-16;/h4-13H,1,14-15H2,2-3H3;1H/q+1;/p-1. The molecule has 0 unspecified atom stereocenters. The van der Waals surface area contributed by atoms with E-state index in [1.807, 2.05) is 6.08 Å². The third-order valence-electron chi connectivity index (χ3n) is 3.33. The Morgan fingerprint density at radius 3 is 2.15 bits per heavy atom. The Morgan fingerprint density at radius 1 is 0.900 bits per heavy atom. The number of hydrogen-bond donors (Lipinski definition) is 0. The van der Waals surface area contributed by atoms with Gasteiger partial charge in [0.1, 0.15) is 13.1 Å². The molecule has 0 aliphatic heterocycles. The number of quaternary nitrogens is 1. The number of halogens is 1. The van der Waals surface area contributed by atoms with E-state index < -0.39 is 0 Å². The summed E-state index contributed by atoms with van der Waals surface area (Å²) in [7, 11) is 4.54. The van der Waals surface area contributed by atoms with E-state index in [1.54, 1.807) is 0 Å². The third-order valence-corrected chi connectivity index (χ3v) is 3.33. The molecule has 0 spiro atoms. The van der Waals surface area contributed by atoms with Crippen molar-refractivity contribution in [2.75, 3.05) is 14.1 Å². The first-order chi connectivity index (χ1) is 9.11. The van der Waals surface area contributed by atoms with Gasteiger partial charge in [-0.25, -0.2) is 0 Å². The second-order valence-electron chi connectivity index (χ2n) is 5.64. The molecule has 106 valence electrons. The van der Waals surface area contributed by atoms with E-state index in [1.165, 1.54) is 16.7 Å². The molecular weight excluding hydrogens is 266 g/mol. The van der Waals surface area contributed by atoms with Gasteiger partial charge in [0.05, 0.1) is 14.1 Å². The average molecular weight is 288 g/mol. The fourth-order valence-corrected chi connectivity index (χ4v) is 2.47. The highest BCUT2D eigenvalue weighted by Gasteiger charge is 2.17. The lowest BCUT2D eigenvalue weighted by molar-refractivity contribution is -0.916. The molecular formula is C18H22ClN. The van der Waals surface area contributed by atoms with Crippen LogP contribution in [0.1, 0.15) is 16.7 Å². The van der Waals surface area contributed by atoms with Crippen molar-refractivity contribution in [1.29, 1.82) is 0 Å². The fraction of sp³-hybridized carbons (Fsp3) is 0.222. The molecule has 2 aromatic carbocycles. The molecule has 2 rings (SSSR count). The van der Waals surface area contributed by atoms with Crippen LogP contribution in [0.15, 0.2) is 61.2 Å². The summed E-state index contributed by atoms with van der Waals surface area (Å²) < 4.78 is 0.939. The van der Waals surface area contributed by atoms with Gasteiger partial charge in [-0.05, 0) is 5.56 Å². The van der Waals surface area contributed by atoms with E-state index in [4.69, 9.17) is 0 Å². The monoisotopic (exact) mass is 287 g/mol. The maximum atomic E-state index is 3.90. The highest BCUT2D eigenvalue weighted by atomic mass is 35.5. The van der Waals surface area contributed by atoms with Crippen LogP contribution >= 0.6 is 0 Å². The lowest BCUT2D eigenvalue weighted by atomic mass is 10.1. The van der Waals surface area contributed by atoms with E-state index in [2.05, 4.69) is 75.3 Å². The molecule has 0 heterocycles. The number of nitrogens with zero attached hydrogens (tertiary/aromatic N) is 1. The summed E-state index contributed by atoms with van der Waals surface area (Å²) in [5.41, 5.74) is 3.98. The fourth-order valence-electron chi connectivity index (χ4n) is 2.47. The zero-order chi connectivity index (χ0) is 13.7. The molecule has 0 saturated carbocycles. The highest BCUT2D eigenvalue weighted by Crippen LogP contribution is 2.18. The number of rotatable bonds is 5. The molecule has 1 nitrogen and oxygen atoms in total. The molecule has 2 heteroatoms. The molecule has 2 aromatic rings. The Labute approximate surface area is 128 Å². The maximum absolute atomic E-state index is 3.90. The van der Waals surface area contributed by atoms with Crippen molar-refractivity contribution in [3.05, 3.63) is 77.9 Å². The normalized spacial score (nSPS) is 10.7. The minimum absolute atomic E-state index is 0. The van der Waals surface area contributed by atoms with Crippen molar-refractivity contribution in [3.8, 4) is 0 Å². The van der Waals surface area contributed by atoms with Crippen LogP contribution < -0.4 is 12.4 Å². The van der Waals surface area contributed by atoms with Crippen LogP contribution in [0.3, 0.4) is 0 Å². The summed E-state index contributed by atoms with van der Waals surface area (Å²) in [4.78, 5) is 0. The highest BCUT2D eigenvalue weighted by molar-refractivity contribution is 5.51. The van der Waals surface area contributed by atoms with E-state index in [0.717, 1.165) is 17.6 Å². The molecule has 0 N–H and O–H groups in total. The molecule has 0 saturated heterocycles. The van der Waals surface area contributed by atoms with Crippen LogP contribution in [0, 0.1) is 0 Å². The van der Waals surface area contributed by atoms with Crippen molar-refractivity contribution in [2.45, 2.75) is 13.1 Å². The van der Waals surface area contributed by atoms with Crippen molar-refractivity contribution in [2.24, 2.45) is 0 Å². The van der Waals surface area contributed by atoms with Gasteiger partial charge in [-0.1, -0.05) is 67.3 Å². The van der Waals surface area contributed by atoms with Gasteiger partial charge in [-0.2, -0.15) is 0 Å². The summed E-state index contributed by atoms with van der Waals surface area (Å²) in [6.45, 7) is 5.94. The van der Waals surface area contributed by atoms with Crippen LogP contribution in [-0.2, 0) is 13.1 Å². The molecule has 0 fully saturated rings. The van der Waals surface area contributed by atoms with Gasteiger partial charge in [0.15, 0.2) is 0 Å². The van der Waals surface area contributed by atoms with Crippen molar-refractivity contribution < 1.29 is 16.9 Å². The second kappa shape index (κ2) is 7.28. The predicted molar refractivity (Wildman–Crippen MR) is 82.5 cm³/mol. The summed E-state index contributed by atoms with van der Waals surface area (Å²) in [6.07, 6.45) is 1.94. The molecule has 20 heavy (non-hydrogen) atoms. The number of hydrogen-bond acceptors (Lipinski definition) is 0. The van der Waals surface area contributed by atoms with Crippen molar-refractivity contribution >= 4 is 6.08 Å². The second-order valence-corrected chi connectivity index (χ2v) is 5.64. The van der Waals surface area contributed by atoms with Gasteiger partial charge in [-0.3, -0.25) is 0 Å². The molecule has 0 aliphatic rings. The first-order valence-corrected chi connectivity index (χ1v) is 6.67. The summed E-state index contributed by atoms with van der Waals surface area (Å²) in [6, 6.07) is 19.2. The lowest BCUT2D eigenvalue weighted by Crippen LogP contribution is -3.00. The van der Waals surface area contributed by atoms with Crippen molar-refractivity contribution in [1.82, 2.24) is 0 Å². The SMILES string of the molecule is C=Cc1ccccc1C[N+](C)(C)Cc1ccccc1.[Cl-]. The summed E-state index contributed by atoms with van der Waals surface area (Å²) >= 11 is 0. The Kier molecular flexibility index (Phi) is 6.00. The van der Waals surface area contributed by atoms with Gasteiger partial charge < -0.3 is 16.9 Å². The maximum Gasteiger partial charge on any atom is 0.105 e. The average Bonchev–Trinajstić information content (AvgIpc) is 2.39. The molecule has 0 atom stereocenters. The van der Waals surface area contributed by atoms with Crippen LogP contribution in [0.5, 0.6) is 0 Å². The minimum Gasteiger partial charge on any atom is -1.00 e. The molecule has 0 aromatic heterocycles. The van der Waals surface area contributed by atoms with Gasteiger partial charge in [0, 0.05) is 11.1 Å². The smallest absolute Gasteiger partial charge is 0.105 e. The van der Waals surface area contributed by atoms with Crippen LogP contribution in [-0.4, -0.2) is 18.6 Å². The molecule has 0 aliphatic carbocycles. The van der Waals surface area contributed by atoms with Gasteiger partial charge in [0.25, 0.3) is 0 Å². The largest absolute Gasteiger partial charge is 1.00 e. The lowest BCUT2D eigenvalue weighted by Gasteiger charge is -2.30. The zero-order valence-corrected chi connectivity index (χ0v) is 13.0. The first-order valence-electron chi connectivity index (χ1n) is 6.67. The Bertz CT molecular complexity index is 546. The topological polar surface area (TPSA) is 0 Å². The quantitative estimate of drug-likeness (QED) is 0.723. The van der Waals surface area contributed by atoms with E-state index in [0.29, 0.717) is 0 Å². The van der Waals surface area contributed by atoms with Crippen LogP contribution in [0.25, 0.3) is 6.08 Å². The van der Waals surface area contributed by atoms with E-state index >= 15 is 0 Å². The van der Waals surface area contributed by atoms with Crippen LogP contribution in [0.2, 0.25) is 0 Å². The first kappa shape index (κ1) is 16.5. The molecule has 0 radical (unpaired) electrons. The summed E-state index contributed by atoms with van der Waals surface area (Å²) in [5, 5.41) is 0. The zero-order valence-electron chi connectivity index (χ0n) is 12.2.